The lowest BCUT2D eigenvalue weighted by Crippen LogP contribution is -2.35. The molecule has 3 fully saturated rings. The van der Waals surface area contributed by atoms with E-state index in [0.29, 0.717) is 18.1 Å². The molecule has 1 atom stereocenters. The average molecular weight is 449 g/mol. The zero-order valence-corrected chi connectivity index (χ0v) is 18.8. The minimum Gasteiger partial charge on any atom is -0.317 e. The van der Waals surface area contributed by atoms with Gasteiger partial charge >= 0.3 is 0 Å². The summed E-state index contributed by atoms with van der Waals surface area (Å²) in [7, 11) is -3.42. The van der Waals surface area contributed by atoms with Crippen molar-refractivity contribution in [3.05, 3.63) is 47.0 Å². The minimum atomic E-state index is -3.42. The van der Waals surface area contributed by atoms with E-state index in [1.807, 2.05) is 6.33 Å². The number of halogens is 1. The fourth-order valence-corrected chi connectivity index (χ4v) is 7.14. The third-order valence-corrected chi connectivity index (χ3v) is 9.25. The average Bonchev–Trinajstić information content (AvgIpc) is 3.30. The molecule has 6 nitrogen and oxygen atoms in total. The van der Waals surface area contributed by atoms with Crippen LogP contribution in [0.3, 0.4) is 0 Å². The molecule has 2 aromatic rings. The van der Waals surface area contributed by atoms with Gasteiger partial charge < -0.3 is 4.57 Å². The Bertz CT molecular complexity index is 994. The highest BCUT2D eigenvalue weighted by molar-refractivity contribution is 7.88. The van der Waals surface area contributed by atoms with Crippen LogP contribution in [0, 0.1) is 11.3 Å². The van der Waals surface area contributed by atoms with Gasteiger partial charge in [0.25, 0.3) is 0 Å². The van der Waals surface area contributed by atoms with Gasteiger partial charge in [-0.05, 0) is 54.7 Å². The molecule has 162 valence electrons. The van der Waals surface area contributed by atoms with Crippen LogP contribution in [0.15, 0.2) is 30.6 Å². The van der Waals surface area contributed by atoms with E-state index in [1.165, 1.54) is 32.1 Å². The van der Waals surface area contributed by atoms with Crippen molar-refractivity contribution in [2.45, 2.75) is 63.2 Å². The third kappa shape index (κ3) is 4.04. The van der Waals surface area contributed by atoms with E-state index >= 15 is 0 Å². The van der Waals surface area contributed by atoms with E-state index in [4.69, 9.17) is 11.6 Å². The first kappa shape index (κ1) is 20.5. The van der Waals surface area contributed by atoms with E-state index in [-0.39, 0.29) is 17.1 Å². The molecule has 8 heteroatoms. The Balaban J connectivity index is 1.42. The molecule has 1 unspecified atom stereocenters. The van der Waals surface area contributed by atoms with Gasteiger partial charge in [0.05, 0.1) is 5.75 Å². The standard InChI is InChI=1S/C22H29ClN4O2S/c23-19-8-6-18(7-9-19)14-30(28,29)27-13-20(22(15-27)10-2-1-3-11-22)21-25-24-16-26(21)12-17-4-5-17/h6-9,16-17,20H,1-5,10-15H2. The third-order valence-electron chi connectivity index (χ3n) is 7.23. The van der Waals surface area contributed by atoms with Crippen LogP contribution in [0.1, 0.15) is 62.3 Å². The predicted octanol–water partition coefficient (Wildman–Crippen LogP) is 4.22. The zero-order chi connectivity index (χ0) is 20.8. The molecule has 5 rings (SSSR count). The van der Waals surface area contributed by atoms with Crippen molar-refractivity contribution in [2.24, 2.45) is 11.3 Å². The van der Waals surface area contributed by atoms with Gasteiger partial charge in [0.15, 0.2) is 0 Å². The van der Waals surface area contributed by atoms with Crippen LogP contribution in [0.25, 0.3) is 0 Å². The van der Waals surface area contributed by atoms with Crippen LogP contribution in [-0.4, -0.2) is 40.6 Å². The second kappa shape index (κ2) is 7.92. The lowest BCUT2D eigenvalue weighted by Gasteiger charge is -2.37. The van der Waals surface area contributed by atoms with Gasteiger partial charge in [0.1, 0.15) is 12.2 Å². The van der Waals surface area contributed by atoms with Gasteiger partial charge in [0.2, 0.25) is 10.0 Å². The summed E-state index contributed by atoms with van der Waals surface area (Å²) in [6.45, 7) is 2.08. The Morgan fingerprint density at radius 3 is 2.53 bits per heavy atom. The molecular weight excluding hydrogens is 420 g/mol. The topological polar surface area (TPSA) is 68.1 Å². The van der Waals surface area contributed by atoms with Crippen molar-refractivity contribution in [3.63, 3.8) is 0 Å². The molecule has 1 aliphatic heterocycles. The van der Waals surface area contributed by atoms with Crippen molar-refractivity contribution in [3.8, 4) is 0 Å². The molecule has 0 N–H and O–H groups in total. The van der Waals surface area contributed by atoms with Crippen LogP contribution < -0.4 is 0 Å². The summed E-state index contributed by atoms with van der Waals surface area (Å²) in [5.74, 6) is 1.86. The molecule has 2 heterocycles. The van der Waals surface area contributed by atoms with E-state index in [2.05, 4.69) is 14.8 Å². The quantitative estimate of drug-likeness (QED) is 0.663. The summed E-state index contributed by atoms with van der Waals surface area (Å²) in [6.07, 6.45) is 10.1. The molecule has 0 radical (unpaired) electrons. The highest BCUT2D eigenvalue weighted by Gasteiger charge is 2.52. The summed E-state index contributed by atoms with van der Waals surface area (Å²) >= 11 is 5.96. The van der Waals surface area contributed by atoms with Gasteiger partial charge in [-0.2, -0.15) is 0 Å². The molecule has 2 aliphatic carbocycles. The van der Waals surface area contributed by atoms with E-state index in [0.717, 1.165) is 36.7 Å². The monoisotopic (exact) mass is 448 g/mol. The molecule has 3 aliphatic rings. The number of benzene rings is 1. The van der Waals surface area contributed by atoms with Gasteiger partial charge in [0, 0.05) is 30.6 Å². The Hall–Kier alpha value is -1.44. The second-order valence-corrected chi connectivity index (χ2v) is 11.8. The molecular formula is C22H29ClN4O2S. The number of sulfonamides is 1. The van der Waals surface area contributed by atoms with Gasteiger partial charge in [-0.3, -0.25) is 0 Å². The van der Waals surface area contributed by atoms with Crippen molar-refractivity contribution < 1.29 is 8.42 Å². The summed E-state index contributed by atoms with van der Waals surface area (Å²) in [6, 6.07) is 7.11. The Kier molecular flexibility index (Phi) is 5.40. The SMILES string of the molecule is O=S(=O)(Cc1ccc(Cl)cc1)N1CC(c2nncn2CC2CC2)C2(CCCCC2)C1. The number of hydrogen-bond acceptors (Lipinski definition) is 4. The second-order valence-electron chi connectivity index (χ2n) is 9.44. The summed E-state index contributed by atoms with van der Waals surface area (Å²) < 4.78 is 30.6. The maximum absolute atomic E-state index is 13.4. The molecule has 0 amide bonds. The number of aromatic nitrogens is 3. The number of hydrogen-bond donors (Lipinski definition) is 0. The smallest absolute Gasteiger partial charge is 0.218 e. The minimum absolute atomic E-state index is 0.0142. The number of nitrogens with zero attached hydrogens (tertiary/aromatic N) is 4. The fourth-order valence-electron chi connectivity index (χ4n) is 5.39. The first-order chi connectivity index (χ1) is 14.5. The first-order valence-electron chi connectivity index (χ1n) is 11.1. The summed E-state index contributed by atoms with van der Waals surface area (Å²) in [5, 5.41) is 9.36. The van der Waals surface area contributed by atoms with Crippen molar-refractivity contribution >= 4 is 21.6 Å². The lowest BCUT2D eigenvalue weighted by atomic mass is 9.67. The first-order valence-corrected chi connectivity index (χ1v) is 13.0. The maximum Gasteiger partial charge on any atom is 0.218 e. The molecule has 1 saturated heterocycles. The van der Waals surface area contributed by atoms with E-state index < -0.39 is 10.0 Å². The molecule has 1 aromatic heterocycles. The molecule has 0 bridgehead atoms. The Morgan fingerprint density at radius 2 is 1.83 bits per heavy atom. The van der Waals surface area contributed by atoms with Crippen molar-refractivity contribution in [2.75, 3.05) is 13.1 Å². The normalized spacial score (nSPS) is 24.5. The molecule has 30 heavy (non-hydrogen) atoms. The van der Waals surface area contributed by atoms with Crippen LogP contribution in [-0.2, 0) is 22.3 Å². The zero-order valence-electron chi connectivity index (χ0n) is 17.2. The fraction of sp³-hybridized carbons (Fsp3) is 0.636. The van der Waals surface area contributed by atoms with Crippen molar-refractivity contribution in [1.29, 1.82) is 0 Å². The van der Waals surface area contributed by atoms with Crippen molar-refractivity contribution in [1.82, 2.24) is 19.1 Å². The Labute approximate surface area is 183 Å². The van der Waals surface area contributed by atoms with Crippen LogP contribution in [0.4, 0.5) is 0 Å². The molecule has 1 aromatic carbocycles. The van der Waals surface area contributed by atoms with E-state index in [1.54, 1.807) is 28.6 Å². The van der Waals surface area contributed by atoms with Gasteiger partial charge in [-0.1, -0.05) is 43.0 Å². The highest BCUT2D eigenvalue weighted by atomic mass is 35.5. The van der Waals surface area contributed by atoms with Crippen LogP contribution >= 0.6 is 11.6 Å². The summed E-state index contributed by atoms with van der Waals surface area (Å²) in [4.78, 5) is 0. The predicted molar refractivity (Wildman–Crippen MR) is 117 cm³/mol. The highest BCUT2D eigenvalue weighted by Crippen LogP contribution is 2.52. The maximum atomic E-state index is 13.4. The largest absolute Gasteiger partial charge is 0.317 e. The van der Waals surface area contributed by atoms with Crippen LogP contribution in [0.5, 0.6) is 0 Å². The number of rotatable bonds is 6. The van der Waals surface area contributed by atoms with E-state index in [9.17, 15) is 8.42 Å². The molecule has 1 spiro atoms. The summed E-state index contributed by atoms with van der Waals surface area (Å²) in [5.41, 5.74) is 0.761. The van der Waals surface area contributed by atoms with Crippen LogP contribution in [0.2, 0.25) is 5.02 Å². The van der Waals surface area contributed by atoms with Gasteiger partial charge in [-0.25, -0.2) is 12.7 Å². The Morgan fingerprint density at radius 1 is 1.10 bits per heavy atom. The molecule has 2 saturated carbocycles. The van der Waals surface area contributed by atoms with Gasteiger partial charge in [-0.15, -0.1) is 10.2 Å². The lowest BCUT2D eigenvalue weighted by molar-refractivity contribution is 0.176.